The Hall–Kier alpha value is -2.07. The average molecular weight is 415 g/mol. The van der Waals surface area contributed by atoms with Crippen molar-refractivity contribution in [2.24, 2.45) is 5.92 Å². The summed E-state index contributed by atoms with van der Waals surface area (Å²) in [5, 5.41) is 10.3. The first-order valence-electron chi connectivity index (χ1n) is 10.5. The van der Waals surface area contributed by atoms with E-state index >= 15 is 0 Å². The van der Waals surface area contributed by atoms with Crippen LogP contribution in [0.1, 0.15) is 73.0 Å². The van der Waals surface area contributed by atoms with Gasteiger partial charge in [0.05, 0.1) is 11.1 Å². The Kier molecular flexibility index (Phi) is 7.18. The number of thioether (sulfide) groups is 1. The summed E-state index contributed by atoms with van der Waals surface area (Å²) in [6.07, 6.45) is 7.52. The number of pyridine rings is 1. The number of likely N-dealkylation sites (tertiary alicyclic amines) is 1. The number of unbranched alkanes of at least 4 members (excludes halogenated alkanes) is 1. The maximum atomic E-state index is 13.2. The lowest BCUT2D eigenvalue weighted by Crippen LogP contribution is -2.43. The molecule has 0 radical (unpaired) electrons. The Balaban J connectivity index is 1.70. The average Bonchev–Trinajstić information content (AvgIpc) is 3.61. The van der Waals surface area contributed by atoms with Gasteiger partial charge in [-0.05, 0) is 44.4 Å². The maximum Gasteiger partial charge on any atom is 0.255 e. The fourth-order valence-electron chi connectivity index (χ4n) is 3.87. The van der Waals surface area contributed by atoms with Crippen molar-refractivity contribution >= 4 is 23.6 Å². The fourth-order valence-corrected chi connectivity index (χ4v) is 4.43. The quantitative estimate of drug-likeness (QED) is 0.636. The first-order valence-corrected chi connectivity index (χ1v) is 11.8. The number of carbonyl (C=O) groups excluding carboxylic acids is 2. The summed E-state index contributed by atoms with van der Waals surface area (Å²) in [5.74, 6) is 0.485. The van der Waals surface area contributed by atoms with Crippen molar-refractivity contribution in [1.82, 2.24) is 14.8 Å². The monoisotopic (exact) mass is 414 g/mol. The molecule has 2 aliphatic rings. The highest BCUT2D eigenvalue weighted by Crippen LogP contribution is 2.41. The molecule has 0 aromatic carbocycles. The summed E-state index contributed by atoms with van der Waals surface area (Å²) in [4.78, 5) is 34.1. The summed E-state index contributed by atoms with van der Waals surface area (Å²) in [7, 11) is 1.87. The van der Waals surface area contributed by atoms with Crippen LogP contribution in [-0.4, -0.2) is 59.5 Å². The minimum absolute atomic E-state index is 0.0161. The van der Waals surface area contributed by atoms with E-state index in [9.17, 15) is 14.9 Å². The Morgan fingerprint density at radius 1 is 1.31 bits per heavy atom. The van der Waals surface area contributed by atoms with Crippen molar-refractivity contribution in [3.63, 3.8) is 0 Å². The summed E-state index contributed by atoms with van der Waals surface area (Å²) in [5.41, 5.74) is 1.78. The molecule has 0 unspecified atom stereocenters. The predicted molar refractivity (Wildman–Crippen MR) is 114 cm³/mol. The SMILES string of the molecule is CCCCN(C)C(=O)C1CCN(C(=O)c2cc(C3CC3)nc(SC)c2C#N)CC1. The zero-order valence-electron chi connectivity index (χ0n) is 17.6. The van der Waals surface area contributed by atoms with Crippen LogP contribution in [0.2, 0.25) is 0 Å². The number of amides is 2. The molecule has 1 aliphatic heterocycles. The molecule has 2 amide bonds. The van der Waals surface area contributed by atoms with E-state index in [4.69, 9.17) is 0 Å². The second kappa shape index (κ2) is 9.62. The highest BCUT2D eigenvalue weighted by molar-refractivity contribution is 7.98. The number of hydrogen-bond donors (Lipinski definition) is 0. The maximum absolute atomic E-state index is 13.2. The van der Waals surface area contributed by atoms with Crippen LogP contribution in [0, 0.1) is 17.2 Å². The molecular formula is C22H30N4O2S. The van der Waals surface area contributed by atoms with Crippen LogP contribution >= 0.6 is 11.8 Å². The number of aromatic nitrogens is 1. The van der Waals surface area contributed by atoms with Crippen LogP contribution in [-0.2, 0) is 4.79 Å². The van der Waals surface area contributed by atoms with Crippen LogP contribution in [0.3, 0.4) is 0 Å². The zero-order valence-corrected chi connectivity index (χ0v) is 18.4. The standard InChI is InChI=1S/C22H30N4O2S/c1-4-5-10-25(2)21(27)16-8-11-26(12-9-16)22(28)17-13-19(15-6-7-15)24-20(29-3)18(17)14-23/h13,15-16H,4-12H2,1-3H3. The van der Waals surface area contributed by atoms with Gasteiger partial charge in [-0.3, -0.25) is 9.59 Å². The van der Waals surface area contributed by atoms with Gasteiger partial charge in [0.1, 0.15) is 11.1 Å². The molecule has 29 heavy (non-hydrogen) atoms. The minimum atomic E-state index is -0.105. The predicted octanol–water partition coefficient (Wildman–Crippen LogP) is 3.66. The van der Waals surface area contributed by atoms with E-state index in [1.165, 1.54) is 11.8 Å². The van der Waals surface area contributed by atoms with Gasteiger partial charge in [-0.25, -0.2) is 4.98 Å². The molecule has 1 aliphatic carbocycles. The van der Waals surface area contributed by atoms with Crippen LogP contribution in [0.25, 0.3) is 0 Å². The Bertz CT molecular complexity index is 808. The highest BCUT2D eigenvalue weighted by Gasteiger charge is 2.32. The highest BCUT2D eigenvalue weighted by atomic mass is 32.2. The third-order valence-electron chi connectivity index (χ3n) is 5.89. The summed E-state index contributed by atoms with van der Waals surface area (Å²) >= 11 is 1.42. The Morgan fingerprint density at radius 2 is 2.00 bits per heavy atom. The molecule has 6 nitrogen and oxygen atoms in total. The second-order valence-electron chi connectivity index (χ2n) is 8.04. The molecule has 1 saturated heterocycles. The van der Waals surface area contributed by atoms with E-state index in [1.807, 2.05) is 24.3 Å². The van der Waals surface area contributed by atoms with E-state index in [0.29, 0.717) is 48.0 Å². The van der Waals surface area contributed by atoms with Gasteiger partial charge in [0, 0.05) is 44.2 Å². The van der Waals surface area contributed by atoms with Gasteiger partial charge in [0.2, 0.25) is 5.91 Å². The molecule has 7 heteroatoms. The lowest BCUT2D eigenvalue weighted by Gasteiger charge is -2.33. The van der Waals surface area contributed by atoms with Gasteiger partial charge < -0.3 is 9.80 Å². The first-order chi connectivity index (χ1) is 14.0. The van der Waals surface area contributed by atoms with Crippen molar-refractivity contribution in [2.75, 3.05) is 32.9 Å². The Labute approximate surface area is 177 Å². The third-order valence-corrected chi connectivity index (χ3v) is 6.57. The molecule has 2 heterocycles. The van der Waals surface area contributed by atoms with E-state index in [2.05, 4.69) is 18.0 Å². The number of carbonyl (C=O) groups is 2. The molecule has 0 atom stereocenters. The third kappa shape index (κ3) is 4.92. The number of nitriles is 1. The second-order valence-corrected chi connectivity index (χ2v) is 8.84. The smallest absolute Gasteiger partial charge is 0.255 e. The number of piperidine rings is 1. The molecule has 3 rings (SSSR count). The first kappa shape index (κ1) is 21.6. The van der Waals surface area contributed by atoms with Gasteiger partial charge in [0.15, 0.2) is 0 Å². The molecule has 0 spiro atoms. The summed E-state index contributed by atoms with van der Waals surface area (Å²) in [6, 6.07) is 4.02. The molecule has 0 N–H and O–H groups in total. The number of rotatable bonds is 7. The molecule has 2 fully saturated rings. The van der Waals surface area contributed by atoms with Crippen LogP contribution < -0.4 is 0 Å². The molecule has 1 aromatic rings. The summed E-state index contributed by atoms with van der Waals surface area (Å²) < 4.78 is 0. The van der Waals surface area contributed by atoms with Gasteiger partial charge in [0.25, 0.3) is 5.91 Å². The molecule has 1 saturated carbocycles. The van der Waals surface area contributed by atoms with Gasteiger partial charge in [-0.1, -0.05) is 13.3 Å². The lowest BCUT2D eigenvalue weighted by molar-refractivity contribution is -0.135. The fraction of sp³-hybridized carbons (Fsp3) is 0.636. The lowest BCUT2D eigenvalue weighted by atomic mass is 9.94. The van der Waals surface area contributed by atoms with E-state index in [-0.39, 0.29) is 17.7 Å². The van der Waals surface area contributed by atoms with Gasteiger partial charge in [-0.2, -0.15) is 5.26 Å². The molecule has 0 bridgehead atoms. The van der Waals surface area contributed by atoms with E-state index < -0.39 is 0 Å². The van der Waals surface area contributed by atoms with Crippen molar-refractivity contribution in [3.05, 3.63) is 22.9 Å². The normalized spacial score (nSPS) is 17.1. The van der Waals surface area contributed by atoms with E-state index in [0.717, 1.165) is 37.9 Å². The molecular weight excluding hydrogens is 384 g/mol. The largest absolute Gasteiger partial charge is 0.346 e. The van der Waals surface area contributed by atoms with Gasteiger partial charge >= 0.3 is 0 Å². The van der Waals surface area contributed by atoms with Crippen molar-refractivity contribution in [1.29, 1.82) is 5.26 Å². The molecule has 1 aromatic heterocycles. The van der Waals surface area contributed by atoms with Gasteiger partial charge in [-0.15, -0.1) is 11.8 Å². The van der Waals surface area contributed by atoms with Crippen LogP contribution in [0.5, 0.6) is 0 Å². The zero-order chi connectivity index (χ0) is 21.0. The minimum Gasteiger partial charge on any atom is -0.346 e. The topological polar surface area (TPSA) is 77.3 Å². The number of nitrogens with zero attached hydrogens (tertiary/aromatic N) is 4. The van der Waals surface area contributed by atoms with Crippen LogP contribution in [0.15, 0.2) is 11.1 Å². The van der Waals surface area contributed by atoms with Crippen molar-refractivity contribution in [2.45, 2.75) is 56.4 Å². The summed E-state index contributed by atoms with van der Waals surface area (Å²) in [6.45, 7) is 4.02. The number of hydrogen-bond acceptors (Lipinski definition) is 5. The molecule has 156 valence electrons. The van der Waals surface area contributed by atoms with Crippen molar-refractivity contribution in [3.8, 4) is 6.07 Å². The Morgan fingerprint density at radius 3 is 2.55 bits per heavy atom. The van der Waals surface area contributed by atoms with Crippen LogP contribution in [0.4, 0.5) is 0 Å². The van der Waals surface area contributed by atoms with E-state index in [1.54, 1.807) is 4.90 Å². The van der Waals surface area contributed by atoms with Crippen molar-refractivity contribution < 1.29 is 9.59 Å².